The SMILES string of the molecule is CC/C=C\C/C=C\C/C=C\C/C=C\CCCCCCCCC(=O)OCC(COP(=O)(O)OCC(O)COP(=O)(O)OCC(COC(=O)CCCCCC/C=C\C/C=C\C/C=C\C/C=C\CC)OC(=O)CCCCCCCCCCCCCCCCC)OC(=O)CCCCCCCCC/C=C\C/C=C\C/C=C\CC. The summed E-state index contributed by atoms with van der Waals surface area (Å²) in [4.78, 5) is 73.3. The van der Waals surface area contributed by atoms with Crippen LogP contribution < -0.4 is 0 Å². The van der Waals surface area contributed by atoms with Crippen molar-refractivity contribution >= 4 is 39.5 Å². The standard InChI is InChI=1S/C89H152O17P2/c1-5-9-13-17-21-25-29-33-37-40-41-44-47-50-54-58-62-66-70-74-87(92)100-80-85(106-89(94)76-72-68-64-60-56-52-48-43-39-35-31-27-23-19-15-11-7-3)82-104-108(97,98)102-78-83(90)77-101-107(95,96)103-81-84(105-88(93)75-71-67-63-59-55-51-45-36-32-28-24-20-16-12-8-4)79-99-86(91)73-69-65-61-57-53-49-46-42-38-34-30-26-22-18-14-10-6-2/h9-11,13-15,21-23,25-27,33-35,37-39,41,44,46,49,83-85,90H,5-8,12,16-20,24,28-32,36,40,42-43,45,47-48,50-82H2,1-4H3,(H,95,96)(H,97,98)/b13-9-,14-10-,15-11-,25-21-,26-22-,27-23-,37-33-,38-34-,39-35-,44-41-,49-46-. The van der Waals surface area contributed by atoms with Crippen molar-refractivity contribution in [1.29, 1.82) is 0 Å². The molecule has 0 heterocycles. The smallest absolute Gasteiger partial charge is 0.462 e. The molecular formula is C89H152O17P2. The van der Waals surface area contributed by atoms with Crippen LogP contribution in [0, 0.1) is 0 Å². The van der Waals surface area contributed by atoms with Crippen LogP contribution in [-0.2, 0) is 65.4 Å². The van der Waals surface area contributed by atoms with Crippen molar-refractivity contribution in [2.75, 3.05) is 39.6 Å². The number of esters is 4. The van der Waals surface area contributed by atoms with E-state index in [2.05, 4.69) is 161 Å². The lowest BCUT2D eigenvalue weighted by Crippen LogP contribution is -2.30. The van der Waals surface area contributed by atoms with Crippen LogP contribution in [0.3, 0.4) is 0 Å². The van der Waals surface area contributed by atoms with Crippen LogP contribution in [0.1, 0.15) is 349 Å². The Balaban J connectivity index is 5.40. The second-order valence-electron chi connectivity index (χ2n) is 28.0. The van der Waals surface area contributed by atoms with Crippen molar-refractivity contribution in [3.05, 3.63) is 134 Å². The Morgan fingerprint density at radius 3 is 0.741 bits per heavy atom. The third kappa shape index (κ3) is 79.3. The average Bonchev–Trinajstić information content (AvgIpc) is 0.906. The molecule has 19 heteroatoms. The van der Waals surface area contributed by atoms with E-state index in [-0.39, 0.29) is 25.7 Å². The predicted molar refractivity (Wildman–Crippen MR) is 445 cm³/mol. The quantitative estimate of drug-likeness (QED) is 0.0169. The van der Waals surface area contributed by atoms with Gasteiger partial charge in [-0.3, -0.25) is 37.3 Å². The molecule has 17 nitrogen and oxygen atoms in total. The van der Waals surface area contributed by atoms with Crippen LogP contribution >= 0.6 is 15.6 Å². The fourth-order valence-electron chi connectivity index (χ4n) is 11.3. The van der Waals surface area contributed by atoms with Gasteiger partial charge >= 0.3 is 39.5 Å². The Morgan fingerprint density at radius 2 is 0.481 bits per heavy atom. The Labute approximate surface area is 656 Å². The van der Waals surface area contributed by atoms with Crippen molar-refractivity contribution in [3.63, 3.8) is 0 Å². The van der Waals surface area contributed by atoms with Crippen molar-refractivity contribution in [3.8, 4) is 0 Å². The number of aliphatic hydroxyl groups excluding tert-OH is 1. The van der Waals surface area contributed by atoms with Crippen LogP contribution in [0.2, 0.25) is 0 Å². The first-order chi connectivity index (χ1) is 52.7. The third-order valence-electron chi connectivity index (χ3n) is 17.6. The van der Waals surface area contributed by atoms with E-state index in [4.69, 9.17) is 37.0 Å². The molecule has 0 aromatic rings. The van der Waals surface area contributed by atoms with Crippen molar-refractivity contribution in [2.45, 2.75) is 367 Å². The van der Waals surface area contributed by atoms with Gasteiger partial charge in [-0.15, -0.1) is 0 Å². The molecular weight excluding hydrogens is 1400 g/mol. The zero-order chi connectivity index (χ0) is 78.9. The van der Waals surface area contributed by atoms with Gasteiger partial charge in [-0.25, -0.2) is 9.13 Å². The summed E-state index contributed by atoms with van der Waals surface area (Å²) in [5, 5.41) is 10.7. The second-order valence-corrected chi connectivity index (χ2v) is 30.9. The summed E-state index contributed by atoms with van der Waals surface area (Å²) in [6.07, 6.45) is 91.2. The minimum absolute atomic E-state index is 0.0775. The van der Waals surface area contributed by atoms with Crippen molar-refractivity contribution in [2.24, 2.45) is 0 Å². The third-order valence-corrected chi connectivity index (χ3v) is 19.5. The normalized spacial score (nSPS) is 14.5. The number of phosphoric acid groups is 2. The zero-order valence-electron chi connectivity index (χ0n) is 68.0. The molecule has 0 bridgehead atoms. The van der Waals surface area contributed by atoms with Crippen LogP contribution in [0.25, 0.3) is 0 Å². The summed E-state index contributed by atoms with van der Waals surface area (Å²) < 4.78 is 68.8. The highest BCUT2D eigenvalue weighted by atomic mass is 31.2. The lowest BCUT2D eigenvalue weighted by Gasteiger charge is -2.21. The minimum atomic E-state index is -4.99. The van der Waals surface area contributed by atoms with Gasteiger partial charge in [0.2, 0.25) is 0 Å². The number of phosphoric ester groups is 2. The van der Waals surface area contributed by atoms with Gasteiger partial charge in [-0.1, -0.05) is 322 Å². The maximum absolute atomic E-state index is 13.1. The molecule has 0 radical (unpaired) electrons. The molecule has 0 aromatic carbocycles. The van der Waals surface area contributed by atoms with Gasteiger partial charge in [0.1, 0.15) is 19.3 Å². The summed E-state index contributed by atoms with van der Waals surface area (Å²) in [5.41, 5.74) is 0. The summed E-state index contributed by atoms with van der Waals surface area (Å²) in [5.74, 6) is -2.21. The van der Waals surface area contributed by atoms with Gasteiger partial charge in [0.25, 0.3) is 0 Å². The maximum atomic E-state index is 13.1. The summed E-state index contributed by atoms with van der Waals surface area (Å²) in [6.45, 7) is 4.54. The summed E-state index contributed by atoms with van der Waals surface area (Å²) >= 11 is 0. The van der Waals surface area contributed by atoms with Crippen LogP contribution in [0.4, 0.5) is 0 Å². The van der Waals surface area contributed by atoms with Crippen LogP contribution in [0.15, 0.2) is 134 Å². The lowest BCUT2D eigenvalue weighted by atomic mass is 10.0. The van der Waals surface area contributed by atoms with E-state index in [0.29, 0.717) is 25.7 Å². The number of hydrogen-bond donors (Lipinski definition) is 3. The lowest BCUT2D eigenvalue weighted by molar-refractivity contribution is -0.161. The Morgan fingerprint density at radius 1 is 0.269 bits per heavy atom. The monoisotopic (exact) mass is 1560 g/mol. The molecule has 0 saturated heterocycles. The second kappa shape index (κ2) is 80.3. The van der Waals surface area contributed by atoms with Crippen molar-refractivity contribution in [1.82, 2.24) is 0 Å². The highest BCUT2D eigenvalue weighted by molar-refractivity contribution is 7.47. The highest BCUT2D eigenvalue weighted by Crippen LogP contribution is 2.45. The van der Waals surface area contributed by atoms with E-state index in [1.165, 1.54) is 64.2 Å². The maximum Gasteiger partial charge on any atom is 0.472 e. The first-order valence-corrected chi connectivity index (χ1v) is 45.4. The molecule has 0 amide bonds. The van der Waals surface area contributed by atoms with Crippen LogP contribution in [-0.4, -0.2) is 96.7 Å². The number of unbranched alkanes of at least 4 members (excludes halogenated alkanes) is 31. The molecule has 0 saturated carbocycles. The largest absolute Gasteiger partial charge is 0.472 e. The molecule has 0 rings (SSSR count). The molecule has 5 unspecified atom stereocenters. The number of allylic oxidation sites excluding steroid dienone is 22. The molecule has 108 heavy (non-hydrogen) atoms. The van der Waals surface area contributed by atoms with Crippen molar-refractivity contribution < 1.29 is 80.2 Å². The fraction of sp³-hybridized carbons (Fsp3) is 0.708. The van der Waals surface area contributed by atoms with E-state index in [0.717, 1.165) is 205 Å². The van der Waals surface area contributed by atoms with Gasteiger partial charge in [-0.2, -0.15) is 0 Å². The van der Waals surface area contributed by atoms with E-state index < -0.39 is 97.5 Å². The predicted octanol–water partition coefficient (Wildman–Crippen LogP) is 25.2. The highest BCUT2D eigenvalue weighted by Gasteiger charge is 2.30. The molecule has 0 aliphatic carbocycles. The number of ether oxygens (including phenoxy) is 4. The van der Waals surface area contributed by atoms with Gasteiger partial charge in [-0.05, 0) is 135 Å². The Bertz CT molecular complexity index is 2560. The first-order valence-electron chi connectivity index (χ1n) is 42.4. The fourth-order valence-corrected chi connectivity index (χ4v) is 12.9. The first kappa shape index (κ1) is 103. The zero-order valence-corrected chi connectivity index (χ0v) is 69.8. The average molecular weight is 1560 g/mol. The molecule has 0 aromatic heterocycles. The molecule has 0 aliphatic rings. The van der Waals surface area contributed by atoms with Gasteiger partial charge in [0.05, 0.1) is 26.4 Å². The van der Waals surface area contributed by atoms with Gasteiger partial charge in [0, 0.05) is 25.7 Å². The van der Waals surface area contributed by atoms with E-state index in [1.807, 2.05) is 0 Å². The molecule has 5 atom stereocenters. The van der Waals surface area contributed by atoms with Crippen LogP contribution in [0.5, 0.6) is 0 Å². The van der Waals surface area contributed by atoms with E-state index in [1.54, 1.807) is 0 Å². The summed E-state index contributed by atoms with van der Waals surface area (Å²) in [6, 6.07) is 0. The number of hydrogen-bond acceptors (Lipinski definition) is 15. The minimum Gasteiger partial charge on any atom is -0.462 e. The Kier molecular flexibility index (Phi) is 76.7. The number of aliphatic hydroxyl groups is 1. The van der Waals surface area contributed by atoms with E-state index >= 15 is 0 Å². The number of carbonyl (C=O) groups excluding carboxylic acids is 4. The molecule has 620 valence electrons. The topological polar surface area (TPSA) is 237 Å². The Hall–Kier alpha value is -4.80. The summed E-state index contributed by atoms with van der Waals surface area (Å²) in [7, 11) is -9.98. The van der Waals surface area contributed by atoms with Gasteiger partial charge in [0.15, 0.2) is 12.2 Å². The molecule has 0 aliphatic heterocycles. The molecule has 0 fully saturated rings. The molecule has 3 N–H and O–H groups in total. The van der Waals surface area contributed by atoms with E-state index in [9.17, 15) is 43.2 Å². The number of carbonyl (C=O) groups is 4. The van der Waals surface area contributed by atoms with Gasteiger partial charge < -0.3 is 33.8 Å². The molecule has 0 spiro atoms. The number of rotatable bonds is 79.